The minimum Gasteiger partial charge on any atom is -0.497 e. The Morgan fingerprint density at radius 3 is 2.67 bits per heavy atom. The van der Waals surface area contributed by atoms with Gasteiger partial charge in [-0.05, 0) is 36.4 Å². The maximum absolute atomic E-state index is 5.46. The molecule has 18 heavy (non-hydrogen) atoms. The SMILES string of the molecule is COc1ccc(C2CC2CNC(C)C)c(OC)c1. The van der Waals surface area contributed by atoms with Crippen LogP contribution in [0, 0.1) is 5.92 Å². The van der Waals surface area contributed by atoms with Gasteiger partial charge in [0.1, 0.15) is 11.5 Å². The highest BCUT2D eigenvalue weighted by atomic mass is 16.5. The average molecular weight is 249 g/mol. The van der Waals surface area contributed by atoms with Gasteiger partial charge in [0.15, 0.2) is 0 Å². The van der Waals surface area contributed by atoms with Crippen LogP contribution in [0.2, 0.25) is 0 Å². The van der Waals surface area contributed by atoms with Gasteiger partial charge >= 0.3 is 0 Å². The molecule has 1 N–H and O–H groups in total. The molecule has 2 rings (SSSR count). The summed E-state index contributed by atoms with van der Waals surface area (Å²) in [5.74, 6) is 3.19. The molecule has 2 unspecified atom stereocenters. The molecule has 3 heteroatoms. The molecule has 0 spiro atoms. The van der Waals surface area contributed by atoms with E-state index in [0.717, 1.165) is 24.0 Å². The van der Waals surface area contributed by atoms with E-state index in [2.05, 4.69) is 25.2 Å². The van der Waals surface area contributed by atoms with Crippen LogP contribution < -0.4 is 14.8 Å². The van der Waals surface area contributed by atoms with Crippen LogP contribution in [-0.2, 0) is 0 Å². The third-order valence-corrected chi connectivity index (χ3v) is 3.55. The largest absolute Gasteiger partial charge is 0.497 e. The Balaban J connectivity index is 2.02. The molecule has 1 aliphatic rings. The number of ether oxygens (including phenoxy) is 2. The van der Waals surface area contributed by atoms with Gasteiger partial charge in [-0.2, -0.15) is 0 Å². The molecule has 0 aliphatic heterocycles. The molecule has 0 radical (unpaired) electrons. The van der Waals surface area contributed by atoms with Crippen LogP contribution >= 0.6 is 0 Å². The van der Waals surface area contributed by atoms with Crippen molar-refractivity contribution in [3.05, 3.63) is 23.8 Å². The van der Waals surface area contributed by atoms with Gasteiger partial charge in [-0.1, -0.05) is 19.9 Å². The van der Waals surface area contributed by atoms with E-state index >= 15 is 0 Å². The Morgan fingerprint density at radius 2 is 2.06 bits per heavy atom. The molecule has 1 aromatic carbocycles. The minimum atomic E-state index is 0.559. The summed E-state index contributed by atoms with van der Waals surface area (Å²) in [6.07, 6.45) is 1.25. The topological polar surface area (TPSA) is 30.5 Å². The normalized spacial score (nSPS) is 22.1. The number of nitrogens with one attached hydrogen (secondary N) is 1. The molecule has 0 heterocycles. The van der Waals surface area contributed by atoms with Gasteiger partial charge in [0.05, 0.1) is 14.2 Å². The van der Waals surface area contributed by atoms with Crippen LogP contribution in [0.15, 0.2) is 18.2 Å². The minimum absolute atomic E-state index is 0.559. The zero-order valence-electron chi connectivity index (χ0n) is 11.7. The summed E-state index contributed by atoms with van der Waals surface area (Å²) in [7, 11) is 3.41. The lowest BCUT2D eigenvalue weighted by atomic mass is 10.1. The van der Waals surface area contributed by atoms with E-state index in [9.17, 15) is 0 Å². The molecule has 0 bridgehead atoms. The van der Waals surface area contributed by atoms with Crippen molar-refractivity contribution in [1.29, 1.82) is 0 Å². The second-order valence-corrected chi connectivity index (χ2v) is 5.27. The molecule has 2 atom stereocenters. The Labute approximate surface area is 109 Å². The quantitative estimate of drug-likeness (QED) is 0.841. The summed E-state index contributed by atoms with van der Waals surface area (Å²) in [6.45, 7) is 5.47. The summed E-state index contributed by atoms with van der Waals surface area (Å²) < 4.78 is 10.7. The lowest BCUT2D eigenvalue weighted by Crippen LogP contribution is -2.25. The summed E-state index contributed by atoms with van der Waals surface area (Å²) in [4.78, 5) is 0. The number of hydrogen-bond donors (Lipinski definition) is 1. The Morgan fingerprint density at radius 1 is 1.28 bits per heavy atom. The number of benzene rings is 1. The molecule has 1 saturated carbocycles. The van der Waals surface area contributed by atoms with Crippen molar-refractivity contribution in [1.82, 2.24) is 5.32 Å². The molecule has 1 fully saturated rings. The van der Waals surface area contributed by atoms with Crippen LogP contribution in [0.4, 0.5) is 0 Å². The highest BCUT2D eigenvalue weighted by Gasteiger charge is 2.39. The van der Waals surface area contributed by atoms with E-state index in [4.69, 9.17) is 9.47 Å². The number of methoxy groups -OCH3 is 2. The molecule has 1 aliphatic carbocycles. The maximum Gasteiger partial charge on any atom is 0.126 e. The molecular formula is C15H23NO2. The van der Waals surface area contributed by atoms with E-state index < -0.39 is 0 Å². The van der Waals surface area contributed by atoms with Crippen molar-refractivity contribution < 1.29 is 9.47 Å². The summed E-state index contributed by atoms with van der Waals surface area (Å²) >= 11 is 0. The fraction of sp³-hybridized carbons (Fsp3) is 0.600. The molecule has 3 nitrogen and oxygen atoms in total. The monoisotopic (exact) mass is 249 g/mol. The average Bonchev–Trinajstić information content (AvgIpc) is 3.14. The van der Waals surface area contributed by atoms with Gasteiger partial charge in [0, 0.05) is 12.1 Å². The van der Waals surface area contributed by atoms with Gasteiger partial charge < -0.3 is 14.8 Å². The number of hydrogen-bond acceptors (Lipinski definition) is 3. The van der Waals surface area contributed by atoms with Gasteiger partial charge in [-0.15, -0.1) is 0 Å². The fourth-order valence-electron chi connectivity index (χ4n) is 2.37. The molecule has 100 valence electrons. The van der Waals surface area contributed by atoms with Crippen molar-refractivity contribution >= 4 is 0 Å². The highest BCUT2D eigenvalue weighted by molar-refractivity contribution is 5.45. The van der Waals surface area contributed by atoms with Crippen molar-refractivity contribution in [2.45, 2.75) is 32.2 Å². The van der Waals surface area contributed by atoms with Crippen LogP contribution in [0.5, 0.6) is 11.5 Å². The van der Waals surface area contributed by atoms with E-state index in [1.54, 1.807) is 14.2 Å². The lowest BCUT2D eigenvalue weighted by molar-refractivity contribution is 0.390. The van der Waals surface area contributed by atoms with Crippen LogP contribution in [0.1, 0.15) is 31.7 Å². The first-order valence-electron chi connectivity index (χ1n) is 6.61. The molecule has 0 saturated heterocycles. The van der Waals surface area contributed by atoms with E-state index in [0.29, 0.717) is 12.0 Å². The van der Waals surface area contributed by atoms with Crippen molar-refractivity contribution in [3.8, 4) is 11.5 Å². The Hall–Kier alpha value is -1.22. The smallest absolute Gasteiger partial charge is 0.126 e. The van der Waals surface area contributed by atoms with Gasteiger partial charge in [-0.3, -0.25) is 0 Å². The predicted octanol–water partition coefficient (Wildman–Crippen LogP) is 2.81. The third-order valence-electron chi connectivity index (χ3n) is 3.55. The van der Waals surface area contributed by atoms with Gasteiger partial charge in [0.25, 0.3) is 0 Å². The first-order chi connectivity index (χ1) is 8.65. The van der Waals surface area contributed by atoms with Crippen molar-refractivity contribution in [3.63, 3.8) is 0 Å². The van der Waals surface area contributed by atoms with Crippen LogP contribution in [0.25, 0.3) is 0 Å². The van der Waals surface area contributed by atoms with E-state index in [-0.39, 0.29) is 0 Å². The summed E-state index contributed by atoms with van der Waals surface area (Å²) in [5.41, 5.74) is 1.31. The Bertz CT molecular complexity index is 403. The van der Waals surface area contributed by atoms with Gasteiger partial charge in [0.2, 0.25) is 0 Å². The maximum atomic E-state index is 5.46. The second kappa shape index (κ2) is 5.61. The predicted molar refractivity (Wildman–Crippen MR) is 73.5 cm³/mol. The zero-order valence-corrected chi connectivity index (χ0v) is 11.7. The lowest BCUT2D eigenvalue weighted by Gasteiger charge is -2.11. The zero-order chi connectivity index (χ0) is 13.1. The van der Waals surface area contributed by atoms with Crippen molar-refractivity contribution in [2.75, 3.05) is 20.8 Å². The third kappa shape index (κ3) is 2.96. The first kappa shape index (κ1) is 13.2. The van der Waals surface area contributed by atoms with Crippen molar-refractivity contribution in [2.24, 2.45) is 5.92 Å². The van der Waals surface area contributed by atoms with Crippen LogP contribution in [-0.4, -0.2) is 26.8 Å². The fourth-order valence-corrected chi connectivity index (χ4v) is 2.37. The standard InChI is InChI=1S/C15H23NO2/c1-10(2)16-9-11-7-14(11)13-6-5-12(17-3)8-15(13)18-4/h5-6,8,10-11,14,16H,7,9H2,1-4H3. The van der Waals surface area contributed by atoms with E-state index in [1.807, 2.05) is 12.1 Å². The second-order valence-electron chi connectivity index (χ2n) is 5.27. The molecule has 0 amide bonds. The summed E-state index contributed by atoms with van der Waals surface area (Å²) in [5, 5.41) is 3.50. The van der Waals surface area contributed by atoms with Gasteiger partial charge in [-0.25, -0.2) is 0 Å². The Kier molecular flexibility index (Phi) is 4.12. The molecular weight excluding hydrogens is 226 g/mol. The highest BCUT2D eigenvalue weighted by Crippen LogP contribution is 2.50. The summed E-state index contributed by atoms with van der Waals surface area (Å²) in [6, 6.07) is 6.69. The molecule has 0 aromatic heterocycles. The first-order valence-corrected chi connectivity index (χ1v) is 6.61. The molecule has 1 aromatic rings. The van der Waals surface area contributed by atoms with Crippen LogP contribution in [0.3, 0.4) is 0 Å². The number of rotatable bonds is 6. The van der Waals surface area contributed by atoms with E-state index in [1.165, 1.54) is 12.0 Å².